The summed E-state index contributed by atoms with van der Waals surface area (Å²) >= 11 is 1.71. The molecule has 1 rings (SSSR count). The van der Waals surface area contributed by atoms with Crippen molar-refractivity contribution in [3.63, 3.8) is 0 Å². The number of thioether (sulfide) groups is 1. The van der Waals surface area contributed by atoms with Crippen molar-refractivity contribution in [2.75, 3.05) is 13.2 Å². The van der Waals surface area contributed by atoms with Crippen LogP contribution < -0.4 is 0 Å². The molecule has 0 saturated carbocycles. The fourth-order valence-electron chi connectivity index (χ4n) is 1.54. The molecule has 3 nitrogen and oxygen atoms in total. The largest absolute Gasteiger partial charge is 0.459 e. The zero-order valence-electron chi connectivity index (χ0n) is 10.6. The summed E-state index contributed by atoms with van der Waals surface area (Å²) in [6.45, 7) is 9.26. The minimum Gasteiger partial charge on any atom is -0.459 e. The second kappa shape index (κ2) is 5.92. The van der Waals surface area contributed by atoms with Crippen LogP contribution in [-0.4, -0.2) is 35.3 Å². The van der Waals surface area contributed by atoms with Gasteiger partial charge in [-0.3, -0.25) is 4.79 Å². The highest BCUT2D eigenvalue weighted by molar-refractivity contribution is 8.01. The predicted octanol–water partition coefficient (Wildman–Crippen LogP) is 2.63. The second-order valence-electron chi connectivity index (χ2n) is 5.12. The maximum Gasteiger partial charge on any atom is 0.319 e. The SMILES string of the molecule is CC(SC1CCOCC1)C(=O)OC(C)(C)C. The number of ether oxygens (including phenoxy) is 2. The van der Waals surface area contributed by atoms with Crippen LogP contribution in [0.4, 0.5) is 0 Å². The van der Waals surface area contributed by atoms with Crippen molar-refractivity contribution < 1.29 is 14.3 Å². The highest BCUT2D eigenvalue weighted by Gasteiger charge is 2.25. The van der Waals surface area contributed by atoms with Crippen LogP contribution in [0.2, 0.25) is 0 Å². The Labute approximate surface area is 102 Å². The maximum absolute atomic E-state index is 11.8. The Morgan fingerprint density at radius 2 is 1.94 bits per heavy atom. The summed E-state index contributed by atoms with van der Waals surface area (Å²) in [4.78, 5) is 11.8. The van der Waals surface area contributed by atoms with Gasteiger partial charge in [0, 0.05) is 18.5 Å². The molecule has 0 aromatic carbocycles. The van der Waals surface area contributed by atoms with Gasteiger partial charge in [-0.25, -0.2) is 0 Å². The van der Waals surface area contributed by atoms with E-state index < -0.39 is 0 Å². The van der Waals surface area contributed by atoms with Gasteiger partial charge in [0.15, 0.2) is 0 Å². The van der Waals surface area contributed by atoms with Gasteiger partial charge in [0.2, 0.25) is 0 Å². The lowest BCUT2D eigenvalue weighted by molar-refractivity contribution is -0.153. The van der Waals surface area contributed by atoms with Crippen LogP contribution in [0.25, 0.3) is 0 Å². The number of hydrogen-bond acceptors (Lipinski definition) is 4. The minimum absolute atomic E-state index is 0.0812. The number of hydrogen-bond donors (Lipinski definition) is 0. The first-order valence-corrected chi connectivity index (χ1v) is 6.79. The van der Waals surface area contributed by atoms with Crippen molar-refractivity contribution in [2.45, 2.75) is 56.6 Å². The molecule has 0 aliphatic carbocycles. The highest BCUT2D eigenvalue weighted by Crippen LogP contribution is 2.27. The highest BCUT2D eigenvalue weighted by atomic mass is 32.2. The molecule has 0 aromatic rings. The average Bonchev–Trinajstić information content (AvgIpc) is 2.16. The molecule has 4 heteroatoms. The number of carbonyl (C=O) groups excluding carboxylic acids is 1. The van der Waals surface area contributed by atoms with Crippen LogP contribution in [0.5, 0.6) is 0 Å². The van der Waals surface area contributed by atoms with Gasteiger partial charge in [-0.2, -0.15) is 0 Å². The molecule has 0 aromatic heterocycles. The molecule has 1 heterocycles. The third kappa shape index (κ3) is 5.21. The lowest BCUT2D eigenvalue weighted by Crippen LogP contribution is -2.30. The number of rotatable bonds is 3. The zero-order valence-corrected chi connectivity index (χ0v) is 11.4. The first-order valence-electron chi connectivity index (χ1n) is 5.84. The standard InChI is InChI=1S/C12H22O3S/c1-9(11(13)15-12(2,3)4)16-10-5-7-14-8-6-10/h9-10H,5-8H2,1-4H3. The van der Waals surface area contributed by atoms with Crippen molar-refractivity contribution in [1.82, 2.24) is 0 Å². The maximum atomic E-state index is 11.8. The van der Waals surface area contributed by atoms with Crippen molar-refractivity contribution in [2.24, 2.45) is 0 Å². The molecule has 1 unspecified atom stereocenters. The van der Waals surface area contributed by atoms with E-state index in [0.717, 1.165) is 26.1 Å². The average molecular weight is 246 g/mol. The summed E-state index contributed by atoms with van der Waals surface area (Å²) in [7, 11) is 0. The molecule has 0 amide bonds. The quantitative estimate of drug-likeness (QED) is 0.717. The van der Waals surface area contributed by atoms with E-state index in [4.69, 9.17) is 9.47 Å². The lowest BCUT2D eigenvalue weighted by Gasteiger charge is -2.26. The molecule has 0 spiro atoms. The summed E-state index contributed by atoms with van der Waals surface area (Å²) in [5.41, 5.74) is -0.387. The van der Waals surface area contributed by atoms with E-state index in [1.165, 1.54) is 0 Å². The molecule has 0 bridgehead atoms. The fourth-order valence-corrected chi connectivity index (χ4v) is 2.74. The van der Waals surface area contributed by atoms with E-state index in [1.54, 1.807) is 11.8 Å². The summed E-state index contributed by atoms with van der Waals surface area (Å²) in [5.74, 6) is -0.107. The van der Waals surface area contributed by atoms with Gasteiger partial charge in [-0.05, 0) is 40.5 Å². The van der Waals surface area contributed by atoms with Gasteiger partial charge in [0.25, 0.3) is 0 Å². The van der Waals surface area contributed by atoms with E-state index in [-0.39, 0.29) is 16.8 Å². The Morgan fingerprint density at radius 1 is 1.38 bits per heavy atom. The summed E-state index contributed by atoms with van der Waals surface area (Å²) in [6, 6.07) is 0. The molecule has 1 fully saturated rings. The molecule has 1 aliphatic rings. The summed E-state index contributed by atoms with van der Waals surface area (Å²) < 4.78 is 10.6. The van der Waals surface area contributed by atoms with Gasteiger partial charge in [0.1, 0.15) is 5.60 Å². The number of carbonyl (C=O) groups is 1. The van der Waals surface area contributed by atoms with Crippen LogP contribution in [0.1, 0.15) is 40.5 Å². The second-order valence-corrected chi connectivity index (χ2v) is 6.77. The van der Waals surface area contributed by atoms with E-state index >= 15 is 0 Å². The van der Waals surface area contributed by atoms with Crippen LogP contribution in [0, 0.1) is 0 Å². The van der Waals surface area contributed by atoms with E-state index in [9.17, 15) is 4.79 Å². The smallest absolute Gasteiger partial charge is 0.319 e. The van der Waals surface area contributed by atoms with E-state index in [0.29, 0.717) is 5.25 Å². The third-order valence-corrected chi connectivity index (χ3v) is 3.76. The Hall–Kier alpha value is -0.220. The Morgan fingerprint density at radius 3 is 2.44 bits per heavy atom. The van der Waals surface area contributed by atoms with Crippen LogP contribution in [0.15, 0.2) is 0 Å². The van der Waals surface area contributed by atoms with Crippen LogP contribution in [-0.2, 0) is 14.3 Å². The van der Waals surface area contributed by atoms with E-state index in [1.807, 2.05) is 27.7 Å². The molecule has 1 saturated heterocycles. The molecule has 94 valence electrons. The first kappa shape index (κ1) is 13.8. The van der Waals surface area contributed by atoms with Crippen LogP contribution >= 0.6 is 11.8 Å². The normalized spacial score (nSPS) is 20.5. The summed E-state index contributed by atoms with van der Waals surface area (Å²) in [5, 5.41) is 0.457. The minimum atomic E-state index is -0.387. The molecular formula is C12H22O3S. The van der Waals surface area contributed by atoms with Crippen molar-refractivity contribution in [1.29, 1.82) is 0 Å². The van der Waals surface area contributed by atoms with Gasteiger partial charge in [-0.15, -0.1) is 11.8 Å². The molecular weight excluding hydrogens is 224 g/mol. The molecule has 0 N–H and O–H groups in total. The lowest BCUT2D eigenvalue weighted by atomic mass is 10.2. The van der Waals surface area contributed by atoms with E-state index in [2.05, 4.69) is 0 Å². The van der Waals surface area contributed by atoms with Gasteiger partial charge in [0.05, 0.1) is 5.25 Å². The van der Waals surface area contributed by atoms with Crippen molar-refractivity contribution >= 4 is 17.7 Å². The Kier molecular flexibility index (Phi) is 5.12. The van der Waals surface area contributed by atoms with Crippen molar-refractivity contribution in [3.05, 3.63) is 0 Å². The molecule has 1 aliphatic heterocycles. The first-order chi connectivity index (χ1) is 7.38. The van der Waals surface area contributed by atoms with Crippen molar-refractivity contribution in [3.8, 4) is 0 Å². The van der Waals surface area contributed by atoms with Gasteiger partial charge < -0.3 is 9.47 Å². The Bertz CT molecular complexity index is 229. The number of esters is 1. The predicted molar refractivity (Wildman–Crippen MR) is 66.7 cm³/mol. The van der Waals surface area contributed by atoms with Crippen LogP contribution in [0.3, 0.4) is 0 Å². The molecule has 0 radical (unpaired) electrons. The van der Waals surface area contributed by atoms with Gasteiger partial charge in [-0.1, -0.05) is 0 Å². The zero-order chi connectivity index (χ0) is 12.2. The third-order valence-electron chi connectivity index (χ3n) is 2.30. The Balaban J connectivity index is 2.33. The molecule has 1 atom stereocenters. The topological polar surface area (TPSA) is 35.5 Å². The van der Waals surface area contributed by atoms with Gasteiger partial charge >= 0.3 is 5.97 Å². The fraction of sp³-hybridized carbons (Fsp3) is 0.917. The monoisotopic (exact) mass is 246 g/mol. The molecule has 16 heavy (non-hydrogen) atoms. The summed E-state index contributed by atoms with van der Waals surface area (Å²) in [6.07, 6.45) is 2.08.